The van der Waals surface area contributed by atoms with Crippen LogP contribution >= 0.6 is 0 Å². The predicted molar refractivity (Wildman–Crippen MR) is 102 cm³/mol. The molecule has 1 aromatic carbocycles. The Balaban J connectivity index is 2.28. The second-order valence-electron chi connectivity index (χ2n) is 7.32. The van der Waals surface area contributed by atoms with Crippen molar-refractivity contribution in [1.29, 1.82) is 0 Å². The van der Waals surface area contributed by atoms with Crippen LogP contribution in [0.2, 0.25) is 0 Å². The Hall–Kier alpha value is -3.17. The van der Waals surface area contributed by atoms with E-state index in [0.29, 0.717) is 6.42 Å². The van der Waals surface area contributed by atoms with Crippen LogP contribution in [0, 0.1) is 6.92 Å². The number of benzene rings is 1. The van der Waals surface area contributed by atoms with Gasteiger partial charge in [-0.25, -0.2) is 9.48 Å². The van der Waals surface area contributed by atoms with Crippen LogP contribution in [0.15, 0.2) is 35.1 Å². The number of ether oxygens (including phenoxy) is 1. The van der Waals surface area contributed by atoms with Gasteiger partial charge < -0.3 is 10.1 Å². The molecule has 1 aromatic heterocycles. The molecule has 0 radical (unpaired) electrons. The van der Waals surface area contributed by atoms with E-state index in [-0.39, 0.29) is 11.4 Å². The fourth-order valence-corrected chi connectivity index (χ4v) is 2.47. The van der Waals surface area contributed by atoms with Crippen LogP contribution in [0.1, 0.15) is 48.9 Å². The number of alkyl halides is 3. The van der Waals surface area contributed by atoms with E-state index >= 15 is 0 Å². The summed E-state index contributed by atoms with van der Waals surface area (Å²) in [4.78, 5) is 36.3. The van der Waals surface area contributed by atoms with Gasteiger partial charge in [-0.2, -0.15) is 18.3 Å². The molecule has 10 heteroatoms. The number of carbonyl (C=O) groups is 2. The number of carbonyl (C=O) groups excluding carboxylic acids is 2. The van der Waals surface area contributed by atoms with Gasteiger partial charge in [0, 0.05) is 17.3 Å². The molecule has 0 atom stereocenters. The summed E-state index contributed by atoms with van der Waals surface area (Å²) in [7, 11) is 0. The summed E-state index contributed by atoms with van der Waals surface area (Å²) < 4.78 is 44.8. The lowest BCUT2D eigenvalue weighted by molar-refractivity contribution is -0.137. The zero-order valence-electron chi connectivity index (χ0n) is 17.0. The molecule has 0 spiro atoms. The second kappa shape index (κ2) is 8.68. The Bertz CT molecular complexity index is 1010. The number of hydrogen-bond acceptors (Lipinski definition) is 5. The highest BCUT2D eigenvalue weighted by atomic mass is 19.4. The summed E-state index contributed by atoms with van der Waals surface area (Å²) >= 11 is 0. The number of aryl methyl sites for hydroxylation is 1. The monoisotopic (exact) mass is 425 g/mol. The number of esters is 1. The van der Waals surface area contributed by atoms with Crippen molar-refractivity contribution in [2.24, 2.45) is 0 Å². The molecule has 0 fully saturated rings. The number of nitrogens with one attached hydrogen (secondary N) is 1. The summed E-state index contributed by atoms with van der Waals surface area (Å²) in [6.07, 6.45) is -3.92. The molecule has 0 unspecified atom stereocenters. The van der Waals surface area contributed by atoms with Crippen molar-refractivity contribution in [3.63, 3.8) is 0 Å². The molecule has 0 aliphatic carbocycles. The lowest BCUT2D eigenvalue weighted by Crippen LogP contribution is -2.44. The Morgan fingerprint density at radius 2 is 1.87 bits per heavy atom. The van der Waals surface area contributed by atoms with E-state index in [9.17, 15) is 27.6 Å². The quantitative estimate of drug-likeness (QED) is 0.719. The van der Waals surface area contributed by atoms with E-state index in [1.54, 1.807) is 13.8 Å². The Morgan fingerprint density at radius 1 is 1.20 bits per heavy atom. The number of amides is 1. The van der Waals surface area contributed by atoms with Crippen molar-refractivity contribution < 1.29 is 27.5 Å². The van der Waals surface area contributed by atoms with E-state index in [1.165, 1.54) is 19.1 Å². The highest BCUT2D eigenvalue weighted by molar-refractivity contribution is 5.89. The van der Waals surface area contributed by atoms with Crippen LogP contribution in [-0.2, 0) is 15.7 Å². The Morgan fingerprint density at radius 3 is 2.47 bits per heavy atom. The summed E-state index contributed by atoms with van der Waals surface area (Å²) in [5, 5.41) is 6.53. The maximum Gasteiger partial charge on any atom is 0.416 e. The first-order valence-corrected chi connectivity index (χ1v) is 9.11. The molecule has 0 aliphatic rings. The standard InChI is InChI=1S/C20H22F3N3O4/c1-5-19(3,4)24-16(28)11-30-18(29)17-15(27)9-12(2)26(25-17)14-8-6-7-13(10-14)20(21,22)23/h6-10H,5,11H2,1-4H3,(H,24,28). The van der Waals surface area contributed by atoms with E-state index in [2.05, 4.69) is 10.4 Å². The van der Waals surface area contributed by atoms with Crippen molar-refractivity contribution in [1.82, 2.24) is 15.1 Å². The second-order valence-corrected chi connectivity index (χ2v) is 7.32. The molecule has 30 heavy (non-hydrogen) atoms. The Labute approximate surface area is 170 Å². The molecule has 0 saturated carbocycles. The molecule has 0 saturated heterocycles. The van der Waals surface area contributed by atoms with Gasteiger partial charge in [0.1, 0.15) is 0 Å². The van der Waals surface area contributed by atoms with Gasteiger partial charge in [-0.3, -0.25) is 9.59 Å². The Kier molecular flexibility index (Phi) is 6.69. The minimum Gasteiger partial charge on any atom is -0.451 e. The molecule has 1 heterocycles. The van der Waals surface area contributed by atoms with Crippen molar-refractivity contribution >= 4 is 11.9 Å². The molecule has 162 valence electrons. The molecule has 0 aliphatic heterocycles. The van der Waals surface area contributed by atoms with Gasteiger partial charge in [-0.1, -0.05) is 13.0 Å². The fraction of sp³-hybridized carbons (Fsp3) is 0.400. The number of rotatable bonds is 6. The smallest absolute Gasteiger partial charge is 0.416 e. The molecular weight excluding hydrogens is 403 g/mol. The minimum absolute atomic E-state index is 0.0128. The van der Waals surface area contributed by atoms with E-state index in [4.69, 9.17) is 4.74 Å². The largest absolute Gasteiger partial charge is 0.451 e. The maximum atomic E-state index is 13.0. The summed E-state index contributed by atoms with van der Waals surface area (Å²) in [5.74, 6) is -1.70. The molecule has 0 bridgehead atoms. The van der Waals surface area contributed by atoms with Crippen LogP contribution in [-0.4, -0.2) is 33.8 Å². The molecule has 7 nitrogen and oxygen atoms in total. The zero-order chi connectivity index (χ0) is 22.7. The van der Waals surface area contributed by atoms with E-state index in [0.717, 1.165) is 22.9 Å². The fourth-order valence-electron chi connectivity index (χ4n) is 2.47. The van der Waals surface area contributed by atoms with Gasteiger partial charge >= 0.3 is 12.1 Å². The van der Waals surface area contributed by atoms with Crippen molar-refractivity contribution in [2.75, 3.05) is 6.61 Å². The lowest BCUT2D eigenvalue weighted by Gasteiger charge is -2.24. The van der Waals surface area contributed by atoms with Crippen molar-refractivity contribution in [2.45, 2.75) is 45.8 Å². The summed E-state index contributed by atoms with van der Waals surface area (Å²) in [6.45, 7) is 6.30. The first-order valence-electron chi connectivity index (χ1n) is 9.11. The van der Waals surface area contributed by atoms with Gasteiger partial charge in [-0.05, 0) is 45.4 Å². The van der Waals surface area contributed by atoms with Gasteiger partial charge in [0.05, 0.1) is 11.3 Å². The highest BCUT2D eigenvalue weighted by Crippen LogP contribution is 2.30. The van der Waals surface area contributed by atoms with E-state index < -0.39 is 46.9 Å². The van der Waals surface area contributed by atoms with Gasteiger partial charge in [0.2, 0.25) is 11.1 Å². The van der Waals surface area contributed by atoms with Crippen LogP contribution in [0.3, 0.4) is 0 Å². The summed E-state index contributed by atoms with van der Waals surface area (Å²) in [6, 6.07) is 5.35. The minimum atomic E-state index is -4.57. The molecule has 2 rings (SSSR count). The van der Waals surface area contributed by atoms with Crippen molar-refractivity contribution in [3.8, 4) is 5.69 Å². The van der Waals surface area contributed by atoms with Gasteiger partial charge in [-0.15, -0.1) is 0 Å². The van der Waals surface area contributed by atoms with Gasteiger partial charge in [0.25, 0.3) is 5.91 Å². The average Bonchev–Trinajstić information content (AvgIpc) is 2.65. The highest BCUT2D eigenvalue weighted by Gasteiger charge is 2.30. The third-order valence-electron chi connectivity index (χ3n) is 4.41. The van der Waals surface area contributed by atoms with Crippen molar-refractivity contribution in [3.05, 3.63) is 57.5 Å². The number of aromatic nitrogens is 2. The first-order chi connectivity index (χ1) is 13.8. The van der Waals surface area contributed by atoms with E-state index in [1.807, 2.05) is 6.92 Å². The number of nitrogens with zero attached hydrogens (tertiary/aromatic N) is 2. The van der Waals surface area contributed by atoms with Crippen LogP contribution in [0.4, 0.5) is 13.2 Å². The maximum absolute atomic E-state index is 13.0. The van der Waals surface area contributed by atoms with Crippen LogP contribution in [0.25, 0.3) is 5.69 Å². The lowest BCUT2D eigenvalue weighted by atomic mass is 10.0. The first kappa shape index (κ1) is 23.1. The molecular formula is C20H22F3N3O4. The number of halogens is 3. The zero-order valence-corrected chi connectivity index (χ0v) is 17.0. The third kappa shape index (κ3) is 5.68. The van der Waals surface area contributed by atoms with Crippen LogP contribution in [0.5, 0.6) is 0 Å². The average molecular weight is 425 g/mol. The topological polar surface area (TPSA) is 90.3 Å². The third-order valence-corrected chi connectivity index (χ3v) is 4.41. The normalized spacial score (nSPS) is 11.8. The molecule has 2 aromatic rings. The molecule has 1 amide bonds. The van der Waals surface area contributed by atoms with Gasteiger partial charge in [0.15, 0.2) is 6.61 Å². The number of hydrogen-bond donors (Lipinski definition) is 1. The summed E-state index contributed by atoms with van der Waals surface area (Å²) in [5.41, 5.74) is -2.58. The SMILES string of the molecule is CCC(C)(C)NC(=O)COC(=O)c1nn(-c2cccc(C(F)(F)F)c2)c(C)cc1=O. The van der Waals surface area contributed by atoms with Crippen LogP contribution < -0.4 is 10.7 Å². The molecule has 1 N–H and O–H groups in total. The predicted octanol–water partition coefficient (Wildman–Crippen LogP) is 3.02.